The summed E-state index contributed by atoms with van der Waals surface area (Å²) in [4.78, 5) is 10.4. The van der Waals surface area contributed by atoms with Crippen molar-refractivity contribution < 1.29 is 4.92 Å². The van der Waals surface area contributed by atoms with Gasteiger partial charge in [-0.25, -0.2) is 0 Å². The first-order valence-corrected chi connectivity index (χ1v) is 7.55. The smallest absolute Gasteiger partial charge is 0.272 e. The van der Waals surface area contributed by atoms with Crippen molar-refractivity contribution in [1.82, 2.24) is 0 Å². The van der Waals surface area contributed by atoms with Gasteiger partial charge in [0.2, 0.25) is 0 Å². The van der Waals surface area contributed by atoms with Crippen LogP contribution in [0.4, 0.5) is 11.4 Å². The van der Waals surface area contributed by atoms with Gasteiger partial charge in [-0.15, -0.1) is 0 Å². The molecule has 1 aromatic carbocycles. The first kappa shape index (κ1) is 14.8. The molecule has 0 spiro atoms. The molecule has 0 amide bonds. The molecular weight excluding hydrogens is 252 g/mol. The lowest BCUT2D eigenvalue weighted by Crippen LogP contribution is -2.16. The van der Waals surface area contributed by atoms with Crippen LogP contribution >= 0.6 is 0 Å². The van der Waals surface area contributed by atoms with Gasteiger partial charge in [-0.3, -0.25) is 10.1 Å². The van der Waals surface area contributed by atoms with Crippen LogP contribution in [0.5, 0.6) is 0 Å². The first-order chi connectivity index (χ1) is 9.56. The quantitative estimate of drug-likeness (QED) is 0.635. The van der Waals surface area contributed by atoms with Crippen molar-refractivity contribution >= 4 is 11.4 Å². The molecule has 0 aliphatic heterocycles. The van der Waals surface area contributed by atoms with Crippen molar-refractivity contribution in [3.63, 3.8) is 0 Å². The predicted molar refractivity (Wildman–Crippen MR) is 82.1 cm³/mol. The highest BCUT2D eigenvalue weighted by atomic mass is 16.6. The van der Waals surface area contributed by atoms with Crippen LogP contribution < -0.4 is 5.32 Å². The van der Waals surface area contributed by atoms with Crippen LogP contribution in [-0.4, -0.2) is 11.5 Å². The average molecular weight is 276 g/mol. The number of nitrogens with one attached hydrogen (secondary N) is 1. The molecule has 0 bridgehead atoms. The molecule has 1 N–H and O–H groups in total. The zero-order chi connectivity index (χ0) is 14.5. The molecule has 0 heterocycles. The van der Waals surface area contributed by atoms with Crippen LogP contribution in [0.3, 0.4) is 0 Å². The van der Waals surface area contributed by atoms with Crippen LogP contribution in [0.25, 0.3) is 0 Å². The summed E-state index contributed by atoms with van der Waals surface area (Å²) in [6.07, 6.45) is 6.64. The molecule has 1 fully saturated rings. The third-order valence-electron chi connectivity index (χ3n) is 4.32. The van der Waals surface area contributed by atoms with E-state index in [4.69, 9.17) is 0 Å². The SMILES string of the molecule is Cc1cc(NCCC2CCCC(C)C2)ccc1[N+](=O)[O-]. The van der Waals surface area contributed by atoms with E-state index in [1.54, 1.807) is 19.1 Å². The second-order valence-corrected chi connectivity index (χ2v) is 6.11. The Morgan fingerprint density at radius 2 is 2.20 bits per heavy atom. The minimum absolute atomic E-state index is 0.191. The summed E-state index contributed by atoms with van der Waals surface area (Å²) in [5.41, 5.74) is 1.89. The molecule has 2 unspecified atom stereocenters. The van der Waals surface area contributed by atoms with Crippen molar-refractivity contribution in [3.8, 4) is 0 Å². The largest absolute Gasteiger partial charge is 0.385 e. The van der Waals surface area contributed by atoms with Gasteiger partial charge in [0.1, 0.15) is 0 Å². The highest BCUT2D eigenvalue weighted by Gasteiger charge is 2.18. The summed E-state index contributed by atoms with van der Waals surface area (Å²) >= 11 is 0. The summed E-state index contributed by atoms with van der Waals surface area (Å²) in [5, 5.41) is 14.2. The van der Waals surface area contributed by atoms with E-state index >= 15 is 0 Å². The van der Waals surface area contributed by atoms with Crippen LogP contribution in [0.15, 0.2) is 18.2 Å². The number of hydrogen-bond donors (Lipinski definition) is 1. The number of anilines is 1. The average Bonchev–Trinajstić information content (AvgIpc) is 2.38. The molecule has 0 saturated heterocycles. The minimum Gasteiger partial charge on any atom is -0.385 e. The molecule has 2 atom stereocenters. The summed E-state index contributed by atoms with van der Waals surface area (Å²) in [6, 6.07) is 5.25. The Bertz CT molecular complexity index is 474. The van der Waals surface area contributed by atoms with Crippen molar-refractivity contribution in [2.45, 2.75) is 46.0 Å². The number of hydrogen-bond acceptors (Lipinski definition) is 3. The van der Waals surface area contributed by atoms with Gasteiger partial charge < -0.3 is 5.32 Å². The molecule has 1 aromatic rings. The molecule has 0 aromatic heterocycles. The van der Waals surface area contributed by atoms with E-state index in [0.29, 0.717) is 5.56 Å². The van der Waals surface area contributed by atoms with E-state index < -0.39 is 0 Å². The van der Waals surface area contributed by atoms with Crippen LogP contribution in [-0.2, 0) is 0 Å². The second kappa shape index (κ2) is 6.73. The number of benzene rings is 1. The third kappa shape index (κ3) is 3.95. The molecule has 4 nitrogen and oxygen atoms in total. The van der Waals surface area contributed by atoms with E-state index in [-0.39, 0.29) is 10.6 Å². The number of nitro groups is 1. The second-order valence-electron chi connectivity index (χ2n) is 6.11. The van der Waals surface area contributed by atoms with Crippen molar-refractivity contribution in [2.24, 2.45) is 11.8 Å². The van der Waals surface area contributed by atoms with E-state index in [1.165, 1.54) is 32.1 Å². The molecular formula is C16H24N2O2. The van der Waals surface area contributed by atoms with E-state index in [2.05, 4.69) is 12.2 Å². The standard InChI is InChI=1S/C16H24N2O2/c1-12-4-3-5-14(10-12)8-9-17-15-6-7-16(18(19)20)13(2)11-15/h6-7,11-12,14,17H,3-5,8-10H2,1-2H3. The normalized spacial score (nSPS) is 22.5. The molecule has 1 aliphatic carbocycles. The molecule has 1 saturated carbocycles. The fourth-order valence-corrected chi connectivity index (χ4v) is 3.21. The fraction of sp³-hybridized carbons (Fsp3) is 0.625. The zero-order valence-electron chi connectivity index (χ0n) is 12.4. The van der Waals surface area contributed by atoms with Gasteiger partial charge in [-0.2, -0.15) is 0 Å². The van der Waals surface area contributed by atoms with E-state index in [9.17, 15) is 10.1 Å². The molecule has 1 aliphatic rings. The molecule has 110 valence electrons. The summed E-state index contributed by atoms with van der Waals surface area (Å²) in [7, 11) is 0. The first-order valence-electron chi connectivity index (χ1n) is 7.55. The lowest BCUT2D eigenvalue weighted by molar-refractivity contribution is -0.385. The summed E-state index contributed by atoms with van der Waals surface area (Å²) < 4.78 is 0. The number of nitro benzene ring substituents is 1. The minimum atomic E-state index is -0.331. The van der Waals surface area contributed by atoms with Gasteiger partial charge >= 0.3 is 0 Å². The van der Waals surface area contributed by atoms with E-state index in [1.807, 2.05) is 6.07 Å². The predicted octanol–water partition coefficient (Wildman–Crippen LogP) is 4.53. The molecule has 20 heavy (non-hydrogen) atoms. The summed E-state index contributed by atoms with van der Waals surface area (Å²) in [5.74, 6) is 1.71. The Hall–Kier alpha value is -1.58. The Balaban J connectivity index is 1.82. The molecule has 0 radical (unpaired) electrons. The Morgan fingerprint density at radius 3 is 2.85 bits per heavy atom. The van der Waals surface area contributed by atoms with Gasteiger partial charge in [0.05, 0.1) is 4.92 Å². The Morgan fingerprint density at radius 1 is 1.40 bits per heavy atom. The van der Waals surface area contributed by atoms with Crippen LogP contribution in [0.2, 0.25) is 0 Å². The molecule has 2 rings (SSSR count). The lowest BCUT2D eigenvalue weighted by atomic mass is 9.81. The maximum absolute atomic E-state index is 10.8. The third-order valence-corrected chi connectivity index (χ3v) is 4.32. The fourth-order valence-electron chi connectivity index (χ4n) is 3.21. The summed E-state index contributed by atoms with van der Waals surface area (Å²) in [6.45, 7) is 5.08. The van der Waals surface area contributed by atoms with Crippen molar-refractivity contribution in [1.29, 1.82) is 0 Å². The lowest BCUT2D eigenvalue weighted by Gasteiger charge is -2.26. The van der Waals surface area contributed by atoms with Crippen molar-refractivity contribution in [2.75, 3.05) is 11.9 Å². The topological polar surface area (TPSA) is 55.2 Å². The van der Waals surface area contributed by atoms with Gasteiger partial charge in [-0.05, 0) is 43.7 Å². The van der Waals surface area contributed by atoms with Gasteiger partial charge in [0.25, 0.3) is 5.69 Å². The monoisotopic (exact) mass is 276 g/mol. The van der Waals surface area contributed by atoms with Crippen molar-refractivity contribution in [3.05, 3.63) is 33.9 Å². The van der Waals surface area contributed by atoms with E-state index in [0.717, 1.165) is 24.1 Å². The zero-order valence-corrected chi connectivity index (χ0v) is 12.4. The van der Waals surface area contributed by atoms with Crippen LogP contribution in [0, 0.1) is 28.9 Å². The highest BCUT2D eigenvalue weighted by molar-refractivity contribution is 5.53. The van der Waals surface area contributed by atoms with Crippen LogP contribution in [0.1, 0.15) is 44.6 Å². The Labute approximate surface area is 120 Å². The van der Waals surface area contributed by atoms with Gasteiger partial charge in [0.15, 0.2) is 0 Å². The van der Waals surface area contributed by atoms with Gasteiger partial charge in [0, 0.05) is 23.9 Å². The number of nitrogens with zero attached hydrogens (tertiary/aromatic N) is 1. The maximum Gasteiger partial charge on any atom is 0.272 e. The Kier molecular flexibility index (Phi) is 4.99. The number of aryl methyl sites for hydroxylation is 1. The highest BCUT2D eigenvalue weighted by Crippen LogP contribution is 2.30. The number of rotatable bonds is 5. The molecule has 4 heteroatoms. The maximum atomic E-state index is 10.8. The van der Waals surface area contributed by atoms with Gasteiger partial charge in [-0.1, -0.05) is 26.2 Å².